The predicted molar refractivity (Wildman–Crippen MR) is 111 cm³/mol. The van der Waals surface area contributed by atoms with Crippen LogP contribution >= 0.6 is 0 Å². The van der Waals surface area contributed by atoms with Gasteiger partial charge in [-0.25, -0.2) is 0 Å². The summed E-state index contributed by atoms with van der Waals surface area (Å²) in [6.07, 6.45) is 6.58. The summed E-state index contributed by atoms with van der Waals surface area (Å²) < 4.78 is 11.3. The largest absolute Gasteiger partial charge is 0.493 e. The molecule has 0 spiro atoms. The maximum absolute atomic E-state index is 13.2. The van der Waals surface area contributed by atoms with Crippen LogP contribution in [0.15, 0.2) is 53.7 Å². The minimum atomic E-state index is -0.0782. The van der Waals surface area contributed by atoms with E-state index in [0.29, 0.717) is 29.4 Å². The van der Waals surface area contributed by atoms with Crippen LogP contribution in [0.1, 0.15) is 42.1 Å². The molecular weight excluding hydrogens is 352 g/mol. The lowest BCUT2D eigenvalue weighted by atomic mass is 10.0. The molecule has 0 N–H and O–H groups in total. The van der Waals surface area contributed by atoms with Crippen LogP contribution in [-0.4, -0.2) is 36.8 Å². The Labute approximate surface area is 165 Å². The van der Waals surface area contributed by atoms with Crippen molar-refractivity contribution < 1.29 is 14.3 Å². The van der Waals surface area contributed by atoms with Crippen molar-refractivity contribution in [3.8, 4) is 11.5 Å². The van der Waals surface area contributed by atoms with E-state index >= 15 is 0 Å². The highest BCUT2D eigenvalue weighted by atomic mass is 16.5. The maximum atomic E-state index is 13.2. The zero-order valence-electron chi connectivity index (χ0n) is 16.2. The Kier molecular flexibility index (Phi) is 5.15. The Bertz CT molecular complexity index is 934. The molecule has 2 heterocycles. The summed E-state index contributed by atoms with van der Waals surface area (Å²) in [6.45, 7) is 2.73. The van der Waals surface area contributed by atoms with Crippen LogP contribution in [-0.2, 0) is 0 Å². The fraction of sp³-hybridized carbons (Fsp3) is 0.304. The molecule has 1 amide bonds. The molecule has 2 aliphatic rings. The highest BCUT2D eigenvalue weighted by molar-refractivity contribution is 6.05. The molecule has 4 rings (SSSR count). The second kappa shape index (κ2) is 7.89. The highest BCUT2D eigenvalue weighted by Crippen LogP contribution is 2.39. The monoisotopic (exact) mass is 376 g/mol. The van der Waals surface area contributed by atoms with Gasteiger partial charge in [-0.2, -0.15) is 0 Å². The minimum Gasteiger partial charge on any atom is -0.493 e. The second-order valence-electron chi connectivity index (χ2n) is 7.00. The number of hydrogen-bond acceptors (Lipinski definition) is 4. The minimum absolute atomic E-state index is 0.0677. The molecule has 0 saturated heterocycles. The molecule has 28 heavy (non-hydrogen) atoms. The molecule has 0 bridgehead atoms. The SMILES string of the molecule is CCCCOc1cc2c(cc1OC)C(=O)N1C=C(c3ccccc3)CC1C=N2. The summed E-state index contributed by atoms with van der Waals surface area (Å²) in [6, 6.07) is 13.6. The van der Waals surface area contributed by atoms with Crippen LogP contribution in [0.3, 0.4) is 0 Å². The smallest absolute Gasteiger partial charge is 0.260 e. The molecule has 0 aliphatic carbocycles. The number of nitrogens with zero attached hydrogens (tertiary/aromatic N) is 2. The number of carbonyl (C=O) groups is 1. The van der Waals surface area contributed by atoms with E-state index in [1.807, 2.05) is 36.7 Å². The molecule has 0 saturated carbocycles. The molecule has 5 nitrogen and oxygen atoms in total. The third kappa shape index (κ3) is 3.40. The van der Waals surface area contributed by atoms with E-state index in [0.717, 1.165) is 30.4 Å². The number of benzene rings is 2. The molecular formula is C23H24N2O3. The Hall–Kier alpha value is -3.08. The van der Waals surface area contributed by atoms with E-state index in [1.54, 1.807) is 18.1 Å². The number of hydrogen-bond donors (Lipinski definition) is 0. The number of fused-ring (bicyclic) bond motifs is 2. The van der Waals surface area contributed by atoms with Crippen molar-refractivity contribution in [2.45, 2.75) is 32.2 Å². The van der Waals surface area contributed by atoms with E-state index in [2.05, 4.69) is 24.0 Å². The van der Waals surface area contributed by atoms with Crippen LogP contribution < -0.4 is 9.47 Å². The third-order valence-corrected chi connectivity index (χ3v) is 5.11. The zero-order chi connectivity index (χ0) is 19.5. The molecule has 2 aromatic carbocycles. The van der Waals surface area contributed by atoms with Gasteiger partial charge in [-0.3, -0.25) is 9.79 Å². The molecule has 2 aromatic rings. The van der Waals surface area contributed by atoms with Crippen molar-refractivity contribution in [3.63, 3.8) is 0 Å². The molecule has 0 radical (unpaired) electrons. The normalized spacial score (nSPS) is 17.6. The lowest BCUT2D eigenvalue weighted by molar-refractivity contribution is 0.0817. The first-order valence-electron chi connectivity index (χ1n) is 9.69. The lowest BCUT2D eigenvalue weighted by Crippen LogP contribution is -2.32. The van der Waals surface area contributed by atoms with Crippen molar-refractivity contribution in [3.05, 3.63) is 59.8 Å². The molecule has 1 unspecified atom stereocenters. The summed E-state index contributed by atoms with van der Waals surface area (Å²) in [7, 11) is 1.59. The summed E-state index contributed by atoms with van der Waals surface area (Å²) in [5.74, 6) is 1.12. The van der Waals surface area contributed by atoms with Gasteiger partial charge in [-0.05, 0) is 23.6 Å². The number of carbonyl (C=O) groups excluding carboxylic acids is 1. The van der Waals surface area contributed by atoms with Crippen molar-refractivity contribution in [1.82, 2.24) is 4.90 Å². The van der Waals surface area contributed by atoms with Gasteiger partial charge in [0.25, 0.3) is 5.91 Å². The number of rotatable bonds is 6. The Morgan fingerprint density at radius 3 is 2.75 bits per heavy atom. The van der Waals surface area contributed by atoms with Crippen LogP contribution in [0.25, 0.3) is 5.57 Å². The Morgan fingerprint density at radius 2 is 2.00 bits per heavy atom. The highest BCUT2D eigenvalue weighted by Gasteiger charge is 2.33. The van der Waals surface area contributed by atoms with Crippen LogP contribution in [0.2, 0.25) is 0 Å². The molecule has 144 valence electrons. The van der Waals surface area contributed by atoms with E-state index < -0.39 is 0 Å². The maximum Gasteiger partial charge on any atom is 0.260 e. The van der Waals surface area contributed by atoms with E-state index in [9.17, 15) is 4.79 Å². The van der Waals surface area contributed by atoms with E-state index in [1.165, 1.54) is 0 Å². The second-order valence-corrected chi connectivity index (χ2v) is 7.00. The summed E-state index contributed by atoms with van der Waals surface area (Å²) in [5.41, 5.74) is 3.43. The van der Waals surface area contributed by atoms with Gasteiger partial charge in [-0.15, -0.1) is 0 Å². The summed E-state index contributed by atoms with van der Waals surface area (Å²) >= 11 is 0. The first-order chi connectivity index (χ1) is 13.7. The van der Waals surface area contributed by atoms with E-state index in [-0.39, 0.29) is 11.9 Å². The van der Waals surface area contributed by atoms with Crippen molar-refractivity contribution >= 4 is 23.4 Å². The van der Waals surface area contributed by atoms with Gasteiger partial charge < -0.3 is 14.4 Å². The van der Waals surface area contributed by atoms with E-state index in [4.69, 9.17) is 9.47 Å². The molecule has 1 atom stereocenters. The fourth-order valence-corrected chi connectivity index (χ4v) is 3.55. The summed E-state index contributed by atoms with van der Waals surface area (Å²) in [5, 5.41) is 0. The Morgan fingerprint density at radius 1 is 1.18 bits per heavy atom. The predicted octanol–water partition coefficient (Wildman–Crippen LogP) is 4.85. The van der Waals surface area contributed by atoms with Gasteiger partial charge in [0, 0.05) is 24.9 Å². The average molecular weight is 376 g/mol. The van der Waals surface area contributed by atoms with Crippen LogP contribution in [0, 0.1) is 0 Å². The summed E-state index contributed by atoms with van der Waals surface area (Å²) in [4.78, 5) is 19.6. The third-order valence-electron chi connectivity index (χ3n) is 5.11. The number of ether oxygens (including phenoxy) is 2. The number of amides is 1. The standard InChI is InChI=1S/C23H24N2O3/c1-3-4-10-28-22-13-20-19(12-21(22)27-2)23(26)25-15-17(11-18(25)14-24-20)16-8-6-5-7-9-16/h5-9,12-15,18H,3-4,10-11H2,1-2H3. The number of aliphatic imine (C=N–C) groups is 1. The van der Waals surface area contributed by atoms with Crippen LogP contribution in [0.4, 0.5) is 5.69 Å². The number of methoxy groups -OCH3 is 1. The van der Waals surface area contributed by atoms with Gasteiger partial charge in [0.15, 0.2) is 11.5 Å². The zero-order valence-corrected chi connectivity index (χ0v) is 16.2. The van der Waals surface area contributed by atoms with Gasteiger partial charge in [0.2, 0.25) is 0 Å². The van der Waals surface area contributed by atoms with Gasteiger partial charge in [0.1, 0.15) is 0 Å². The Balaban J connectivity index is 1.66. The average Bonchev–Trinajstić information content (AvgIpc) is 3.12. The van der Waals surface area contributed by atoms with Gasteiger partial charge in [0.05, 0.1) is 31.0 Å². The van der Waals surface area contributed by atoms with Crippen LogP contribution in [0.5, 0.6) is 11.5 Å². The van der Waals surface area contributed by atoms with Crippen molar-refractivity contribution in [2.75, 3.05) is 13.7 Å². The topological polar surface area (TPSA) is 51.1 Å². The van der Waals surface area contributed by atoms with Crippen molar-refractivity contribution in [1.29, 1.82) is 0 Å². The molecule has 5 heteroatoms. The molecule has 0 fully saturated rings. The first kappa shape index (κ1) is 18.3. The van der Waals surface area contributed by atoms with Gasteiger partial charge >= 0.3 is 0 Å². The first-order valence-corrected chi connectivity index (χ1v) is 9.69. The number of unbranched alkanes of at least 4 members (excludes halogenated alkanes) is 1. The lowest BCUT2D eigenvalue weighted by Gasteiger charge is -2.19. The quantitative estimate of drug-likeness (QED) is 0.678. The van der Waals surface area contributed by atoms with Crippen molar-refractivity contribution in [2.24, 2.45) is 4.99 Å². The molecule has 0 aromatic heterocycles. The molecule has 2 aliphatic heterocycles. The fourth-order valence-electron chi connectivity index (χ4n) is 3.55. The van der Waals surface area contributed by atoms with Gasteiger partial charge in [-0.1, -0.05) is 43.7 Å².